The van der Waals surface area contributed by atoms with E-state index in [1.54, 1.807) is 0 Å². The lowest BCUT2D eigenvalue weighted by molar-refractivity contribution is -0.122. The maximum atomic E-state index is 11.3. The molecule has 1 saturated carbocycles. The zero-order valence-corrected chi connectivity index (χ0v) is 12.6. The average molecular weight is 274 g/mol. The lowest BCUT2D eigenvalue weighted by atomic mass is 9.82. The van der Waals surface area contributed by atoms with Crippen molar-refractivity contribution in [1.82, 2.24) is 5.32 Å². The van der Waals surface area contributed by atoms with E-state index in [0.29, 0.717) is 6.04 Å². The Bertz CT molecular complexity index is 442. The molecule has 3 N–H and O–H groups in total. The zero-order valence-electron chi connectivity index (χ0n) is 12.6. The zero-order chi connectivity index (χ0) is 14.6. The highest BCUT2D eigenvalue weighted by Crippen LogP contribution is 2.26. The second-order valence-electron chi connectivity index (χ2n) is 6.59. The number of hydrogen-bond acceptors (Lipinski definition) is 2. The van der Waals surface area contributed by atoms with Crippen LogP contribution >= 0.6 is 0 Å². The number of nitrogens with one attached hydrogen (secondary N) is 1. The van der Waals surface area contributed by atoms with Crippen molar-refractivity contribution in [3.63, 3.8) is 0 Å². The summed E-state index contributed by atoms with van der Waals surface area (Å²) in [5.74, 6) is -0.0834. The molecule has 2 rings (SSSR count). The van der Waals surface area contributed by atoms with E-state index in [4.69, 9.17) is 5.73 Å². The summed E-state index contributed by atoms with van der Waals surface area (Å²) in [4.78, 5) is 11.3. The van der Waals surface area contributed by atoms with Crippen molar-refractivity contribution >= 4 is 5.91 Å². The van der Waals surface area contributed by atoms with E-state index >= 15 is 0 Å². The smallest absolute Gasteiger partial charge is 0.220 e. The van der Waals surface area contributed by atoms with Gasteiger partial charge in [-0.1, -0.05) is 50.6 Å². The molecule has 1 aromatic carbocycles. The Kier molecular flexibility index (Phi) is 4.81. The third-order valence-electron chi connectivity index (χ3n) is 4.46. The van der Waals surface area contributed by atoms with Crippen LogP contribution in [0.1, 0.15) is 45.1 Å². The number of amides is 1. The van der Waals surface area contributed by atoms with Crippen LogP contribution in [0, 0.1) is 5.92 Å². The minimum absolute atomic E-state index is 0.0566. The molecule has 0 unspecified atom stereocenters. The Morgan fingerprint density at radius 2 is 2.00 bits per heavy atom. The molecular weight excluding hydrogens is 248 g/mol. The van der Waals surface area contributed by atoms with E-state index in [0.717, 1.165) is 32.2 Å². The first-order chi connectivity index (χ1) is 9.49. The molecule has 0 saturated heterocycles. The molecule has 1 aliphatic carbocycles. The summed E-state index contributed by atoms with van der Waals surface area (Å²) in [6.45, 7) is 5.43. The number of carbonyl (C=O) groups excluding carboxylic acids is 1. The van der Waals surface area contributed by atoms with Crippen molar-refractivity contribution in [3.05, 3.63) is 35.9 Å². The molecular formula is C17H26N2O. The summed E-state index contributed by atoms with van der Waals surface area (Å²) in [5, 5.41) is 3.64. The molecule has 0 spiro atoms. The first-order valence-electron chi connectivity index (χ1n) is 7.57. The maximum Gasteiger partial charge on any atom is 0.220 e. The second-order valence-corrected chi connectivity index (χ2v) is 6.59. The number of carbonyl (C=O) groups is 1. The van der Waals surface area contributed by atoms with Crippen LogP contribution in [0.4, 0.5) is 0 Å². The number of hydrogen-bond donors (Lipinski definition) is 2. The predicted octanol–water partition coefficient (Wildman–Crippen LogP) is 2.60. The van der Waals surface area contributed by atoms with Crippen LogP contribution < -0.4 is 11.1 Å². The van der Waals surface area contributed by atoms with Crippen LogP contribution in [0.25, 0.3) is 0 Å². The molecule has 1 aliphatic rings. The van der Waals surface area contributed by atoms with E-state index in [1.165, 1.54) is 5.56 Å². The standard InChI is InChI=1S/C17H26N2O/c1-17(2,14-8-4-3-5-9-14)12-19-15-10-6-7-13(11-15)16(18)20/h3-5,8-9,13,15,19H,6-7,10-12H2,1-2H3,(H2,18,20)/t13-,15+/m1/s1. The van der Waals surface area contributed by atoms with Gasteiger partial charge in [0.2, 0.25) is 5.91 Å². The van der Waals surface area contributed by atoms with Gasteiger partial charge in [-0.2, -0.15) is 0 Å². The molecule has 2 atom stereocenters. The van der Waals surface area contributed by atoms with E-state index in [-0.39, 0.29) is 17.2 Å². The highest BCUT2D eigenvalue weighted by molar-refractivity contribution is 5.76. The molecule has 3 heteroatoms. The molecule has 1 aromatic rings. The molecule has 0 aromatic heterocycles. The summed E-state index contributed by atoms with van der Waals surface area (Å²) >= 11 is 0. The Balaban J connectivity index is 1.90. The average Bonchev–Trinajstić information content (AvgIpc) is 2.46. The summed E-state index contributed by atoms with van der Waals surface area (Å²) in [6.07, 6.45) is 4.08. The molecule has 1 fully saturated rings. The summed E-state index contributed by atoms with van der Waals surface area (Å²) < 4.78 is 0. The minimum Gasteiger partial charge on any atom is -0.369 e. The third kappa shape index (κ3) is 3.83. The summed E-state index contributed by atoms with van der Waals surface area (Å²) in [7, 11) is 0. The maximum absolute atomic E-state index is 11.3. The van der Waals surface area contributed by atoms with Gasteiger partial charge in [-0.05, 0) is 24.8 Å². The Morgan fingerprint density at radius 3 is 2.65 bits per heavy atom. The van der Waals surface area contributed by atoms with Gasteiger partial charge >= 0.3 is 0 Å². The van der Waals surface area contributed by atoms with Crippen molar-refractivity contribution in [1.29, 1.82) is 0 Å². The lowest BCUT2D eigenvalue weighted by Crippen LogP contribution is -2.43. The normalized spacial score (nSPS) is 23.5. The van der Waals surface area contributed by atoms with Gasteiger partial charge in [0.05, 0.1) is 0 Å². The summed E-state index contributed by atoms with van der Waals surface area (Å²) in [5.41, 5.74) is 6.88. The number of benzene rings is 1. The van der Waals surface area contributed by atoms with E-state index in [2.05, 4.69) is 43.4 Å². The van der Waals surface area contributed by atoms with Crippen LogP contribution in [-0.4, -0.2) is 18.5 Å². The van der Waals surface area contributed by atoms with Gasteiger partial charge in [-0.25, -0.2) is 0 Å². The second kappa shape index (κ2) is 6.40. The number of primary amides is 1. The van der Waals surface area contributed by atoms with Crippen LogP contribution in [-0.2, 0) is 10.2 Å². The van der Waals surface area contributed by atoms with Gasteiger partial charge in [0.25, 0.3) is 0 Å². The molecule has 0 aliphatic heterocycles. The van der Waals surface area contributed by atoms with E-state index in [9.17, 15) is 4.79 Å². The van der Waals surface area contributed by atoms with E-state index in [1.807, 2.05) is 6.07 Å². The summed E-state index contributed by atoms with van der Waals surface area (Å²) in [6, 6.07) is 11.0. The lowest BCUT2D eigenvalue weighted by Gasteiger charge is -2.32. The van der Waals surface area contributed by atoms with Gasteiger partial charge in [0.15, 0.2) is 0 Å². The van der Waals surface area contributed by atoms with Crippen molar-refractivity contribution in [3.8, 4) is 0 Å². The fraction of sp³-hybridized carbons (Fsp3) is 0.588. The molecule has 0 bridgehead atoms. The van der Waals surface area contributed by atoms with Gasteiger partial charge < -0.3 is 11.1 Å². The monoisotopic (exact) mass is 274 g/mol. The van der Waals surface area contributed by atoms with Crippen LogP contribution in [0.5, 0.6) is 0 Å². The van der Waals surface area contributed by atoms with Crippen LogP contribution in [0.3, 0.4) is 0 Å². The molecule has 20 heavy (non-hydrogen) atoms. The fourth-order valence-corrected chi connectivity index (χ4v) is 3.02. The van der Waals surface area contributed by atoms with Gasteiger partial charge in [-0.15, -0.1) is 0 Å². The van der Waals surface area contributed by atoms with Crippen molar-refractivity contribution in [2.75, 3.05) is 6.54 Å². The molecule has 3 nitrogen and oxygen atoms in total. The Labute approximate surface area is 121 Å². The first-order valence-corrected chi connectivity index (χ1v) is 7.57. The molecule has 0 heterocycles. The Hall–Kier alpha value is -1.35. The SMILES string of the molecule is CC(C)(CN[C@H]1CCC[C@@H](C(N)=O)C1)c1ccccc1. The first kappa shape index (κ1) is 15.0. The van der Waals surface area contributed by atoms with Gasteiger partial charge in [-0.3, -0.25) is 4.79 Å². The Morgan fingerprint density at radius 1 is 1.30 bits per heavy atom. The van der Waals surface area contributed by atoms with E-state index < -0.39 is 0 Å². The molecule has 110 valence electrons. The number of nitrogens with two attached hydrogens (primary N) is 1. The minimum atomic E-state index is -0.140. The van der Waals surface area contributed by atoms with Crippen LogP contribution in [0.2, 0.25) is 0 Å². The van der Waals surface area contributed by atoms with Gasteiger partial charge in [0.1, 0.15) is 0 Å². The number of rotatable bonds is 5. The van der Waals surface area contributed by atoms with Gasteiger partial charge in [0, 0.05) is 23.9 Å². The highest BCUT2D eigenvalue weighted by atomic mass is 16.1. The fourth-order valence-electron chi connectivity index (χ4n) is 3.02. The predicted molar refractivity (Wildman–Crippen MR) is 82.4 cm³/mol. The topological polar surface area (TPSA) is 55.1 Å². The quantitative estimate of drug-likeness (QED) is 0.867. The highest BCUT2D eigenvalue weighted by Gasteiger charge is 2.27. The van der Waals surface area contributed by atoms with Crippen LogP contribution in [0.15, 0.2) is 30.3 Å². The molecule has 1 amide bonds. The van der Waals surface area contributed by atoms with Crippen molar-refractivity contribution in [2.45, 2.75) is 51.0 Å². The van der Waals surface area contributed by atoms with Crippen molar-refractivity contribution in [2.24, 2.45) is 11.7 Å². The van der Waals surface area contributed by atoms with Crippen molar-refractivity contribution < 1.29 is 4.79 Å². The third-order valence-corrected chi connectivity index (χ3v) is 4.46. The molecule has 0 radical (unpaired) electrons. The largest absolute Gasteiger partial charge is 0.369 e.